The van der Waals surface area contributed by atoms with Gasteiger partial charge in [-0.15, -0.1) is 0 Å². The third-order valence-corrected chi connectivity index (χ3v) is 6.10. The first-order valence-electron chi connectivity index (χ1n) is 9.37. The predicted molar refractivity (Wildman–Crippen MR) is 100 cm³/mol. The molecule has 0 radical (unpaired) electrons. The van der Waals surface area contributed by atoms with E-state index in [1.54, 1.807) is 0 Å². The topological polar surface area (TPSA) is 32.3 Å². The minimum Gasteiger partial charge on any atom is -0.355 e. The highest BCUT2D eigenvalue weighted by molar-refractivity contribution is 5.86. The van der Waals surface area contributed by atoms with Gasteiger partial charge in [-0.25, -0.2) is 0 Å². The second kappa shape index (κ2) is 7.01. The summed E-state index contributed by atoms with van der Waals surface area (Å²) in [4.78, 5) is 15.2. The monoisotopic (exact) mass is 334 g/mol. The first kappa shape index (κ1) is 16.3. The molecule has 2 saturated heterocycles. The molecule has 3 nitrogen and oxygen atoms in total. The van der Waals surface area contributed by atoms with Crippen LogP contribution < -0.4 is 5.32 Å². The van der Waals surface area contributed by atoms with Gasteiger partial charge in [-0.3, -0.25) is 4.79 Å². The predicted octanol–water partition coefficient (Wildman–Crippen LogP) is 3.22. The van der Waals surface area contributed by atoms with E-state index in [1.807, 2.05) is 6.07 Å². The lowest BCUT2D eigenvalue weighted by molar-refractivity contribution is -0.130. The highest BCUT2D eigenvalue weighted by Gasteiger charge is 2.51. The van der Waals surface area contributed by atoms with Crippen LogP contribution in [-0.2, 0) is 11.2 Å². The molecule has 1 spiro atoms. The Morgan fingerprint density at radius 2 is 1.60 bits per heavy atom. The molecule has 0 aromatic heterocycles. The Morgan fingerprint density at radius 3 is 2.28 bits per heavy atom. The van der Waals surface area contributed by atoms with Gasteiger partial charge in [0.2, 0.25) is 5.91 Å². The van der Waals surface area contributed by atoms with Crippen LogP contribution in [0.4, 0.5) is 0 Å². The summed E-state index contributed by atoms with van der Waals surface area (Å²) in [5.41, 5.74) is 2.49. The Labute approximate surface area is 150 Å². The number of carbonyl (C=O) groups excluding carboxylic acids is 1. The van der Waals surface area contributed by atoms with Crippen LogP contribution in [0.5, 0.6) is 0 Å². The molecule has 0 bridgehead atoms. The molecule has 2 aromatic carbocycles. The highest BCUT2D eigenvalue weighted by Crippen LogP contribution is 2.47. The van der Waals surface area contributed by atoms with Crippen LogP contribution in [-0.4, -0.2) is 37.0 Å². The zero-order chi connectivity index (χ0) is 17.1. The number of nitrogens with zero attached hydrogens (tertiary/aromatic N) is 1. The molecule has 2 heterocycles. The Hall–Kier alpha value is -2.13. The molecule has 1 N–H and O–H groups in total. The molecule has 1 unspecified atom stereocenters. The van der Waals surface area contributed by atoms with Crippen LogP contribution in [0.25, 0.3) is 0 Å². The number of carbonyl (C=O) groups is 1. The van der Waals surface area contributed by atoms with E-state index in [4.69, 9.17) is 0 Å². The lowest BCUT2D eigenvalue weighted by Crippen LogP contribution is -2.46. The van der Waals surface area contributed by atoms with Crippen molar-refractivity contribution < 1.29 is 4.79 Å². The smallest absolute Gasteiger partial charge is 0.227 e. The Bertz CT molecular complexity index is 705. The maximum absolute atomic E-state index is 12.7. The molecular weight excluding hydrogens is 308 g/mol. The summed E-state index contributed by atoms with van der Waals surface area (Å²) in [5.74, 6) is 0.585. The van der Waals surface area contributed by atoms with Gasteiger partial charge in [-0.2, -0.15) is 0 Å². The molecular formula is C22H26N2O. The largest absolute Gasteiger partial charge is 0.355 e. The summed E-state index contributed by atoms with van der Waals surface area (Å²) in [6, 6.07) is 21.2. The molecule has 2 aromatic rings. The number of rotatable bonds is 4. The number of benzene rings is 2. The van der Waals surface area contributed by atoms with Gasteiger partial charge >= 0.3 is 0 Å². The SMILES string of the molecule is O=C1NCC(c2ccccc2)C12CCN(CCc1ccccc1)CC2. The first-order valence-corrected chi connectivity index (χ1v) is 9.37. The summed E-state index contributed by atoms with van der Waals surface area (Å²) in [6.45, 7) is 3.90. The van der Waals surface area contributed by atoms with Gasteiger partial charge in [0.05, 0.1) is 5.41 Å². The summed E-state index contributed by atoms with van der Waals surface area (Å²) < 4.78 is 0. The van der Waals surface area contributed by atoms with Crippen molar-refractivity contribution in [3.05, 3.63) is 71.8 Å². The minimum absolute atomic E-state index is 0.204. The minimum atomic E-state index is -0.204. The Kier molecular flexibility index (Phi) is 4.58. The van der Waals surface area contributed by atoms with Crippen LogP contribution >= 0.6 is 0 Å². The zero-order valence-electron chi connectivity index (χ0n) is 14.7. The van der Waals surface area contributed by atoms with Crippen LogP contribution in [0.3, 0.4) is 0 Å². The van der Waals surface area contributed by atoms with Crippen molar-refractivity contribution in [2.45, 2.75) is 25.2 Å². The molecule has 2 fully saturated rings. The lowest BCUT2D eigenvalue weighted by Gasteiger charge is -2.41. The van der Waals surface area contributed by atoms with E-state index in [9.17, 15) is 4.79 Å². The molecule has 3 heteroatoms. The Morgan fingerprint density at radius 1 is 0.960 bits per heavy atom. The standard InChI is InChI=1S/C22H26N2O/c25-21-22(20(17-23-21)19-9-5-2-6-10-19)12-15-24(16-13-22)14-11-18-7-3-1-4-8-18/h1-10,20H,11-17H2,(H,23,25). The van der Waals surface area contributed by atoms with Crippen LogP contribution in [0.2, 0.25) is 0 Å². The second-order valence-corrected chi connectivity index (χ2v) is 7.41. The van der Waals surface area contributed by atoms with Gasteiger partial charge < -0.3 is 10.2 Å². The number of hydrogen-bond donors (Lipinski definition) is 1. The number of nitrogens with one attached hydrogen (secondary N) is 1. The van der Waals surface area contributed by atoms with Gasteiger partial charge in [0.15, 0.2) is 0 Å². The van der Waals surface area contributed by atoms with Crippen LogP contribution in [0.1, 0.15) is 29.9 Å². The van der Waals surface area contributed by atoms with Crippen molar-refractivity contribution in [3.8, 4) is 0 Å². The second-order valence-electron chi connectivity index (χ2n) is 7.41. The molecule has 2 aliphatic heterocycles. The number of likely N-dealkylation sites (tertiary alicyclic amines) is 1. The normalized spacial score (nSPS) is 22.9. The lowest BCUT2D eigenvalue weighted by atomic mass is 9.68. The summed E-state index contributed by atoms with van der Waals surface area (Å²) in [6.07, 6.45) is 3.02. The van der Waals surface area contributed by atoms with E-state index in [2.05, 4.69) is 64.8 Å². The average molecular weight is 334 g/mol. The van der Waals surface area contributed by atoms with Gasteiger partial charge in [0.25, 0.3) is 0 Å². The van der Waals surface area contributed by atoms with E-state index in [1.165, 1.54) is 11.1 Å². The van der Waals surface area contributed by atoms with E-state index in [0.717, 1.165) is 45.4 Å². The molecule has 1 amide bonds. The molecule has 1 atom stereocenters. The highest BCUT2D eigenvalue weighted by atomic mass is 16.2. The maximum Gasteiger partial charge on any atom is 0.227 e. The zero-order valence-corrected chi connectivity index (χ0v) is 14.7. The van der Waals surface area contributed by atoms with Gasteiger partial charge in [-0.05, 0) is 43.5 Å². The molecule has 4 rings (SSSR count). The fraction of sp³-hybridized carbons (Fsp3) is 0.409. The molecule has 0 saturated carbocycles. The molecule has 0 aliphatic carbocycles. The summed E-state index contributed by atoms with van der Waals surface area (Å²) in [5, 5.41) is 3.14. The van der Waals surface area contributed by atoms with Gasteiger partial charge in [0.1, 0.15) is 0 Å². The fourth-order valence-corrected chi connectivity index (χ4v) is 4.53. The van der Waals surface area contributed by atoms with E-state index >= 15 is 0 Å². The van der Waals surface area contributed by atoms with Crippen LogP contribution in [0.15, 0.2) is 60.7 Å². The third-order valence-electron chi connectivity index (χ3n) is 6.10. The van der Waals surface area contributed by atoms with Crippen molar-refractivity contribution >= 4 is 5.91 Å². The van der Waals surface area contributed by atoms with Gasteiger partial charge in [0, 0.05) is 19.0 Å². The molecule has 2 aliphatic rings. The Balaban J connectivity index is 1.41. The van der Waals surface area contributed by atoms with E-state index in [-0.39, 0.29) is 11.3 Å². The van der Waals surface area contributed by atoms with Crippen molar-refractivity contribution in [2.75, 3.05) is 26.2 Å². The van der Waals surface area contributed by atoms with Crippen molar-refractivity contribution in [3.63, 3.8) is 0 Å². The molecule has 25 heavy (non-hydrogen) atoms. The van der Waals surface area contributed by atoms with E-state index < -0.39 is 0 Å². The van der Waals surface area contributed by atoms with E-state index in [0.29, 0.717) is 5.92 Å². The first-order chi connectivity index (χ1) is 12.3. The summed E-state index contributed by atoms with van der Waals surface area (Å²) in [7, 11) is 0. The number of hydrogen-bond acceptors (Lipinski definition) is 2. The average Bonchev–Trinajstić information content (AvgIpc) is 2.99. The van der Waals surface area contributed by atoms with Crippen molar-refractivity contribution in [2.24, 2.45) is 5.41 Å². The fourth-order valence-electron chi connectivity index (χ4n) is 4.53. The van der Waals surface area contributed by atoms with Crippen molar-refractivity contribution in [1.29, 1.82) is 0 Å². The number of amides is 1. The summed E-state index contributed by atoms with van der Waals surface area (Å²) >= 11 is 0. The van der Waals surface area contributed by atoms with Gasteiger partial charge in [-0.1, -0.05) is 60.7 Å². The number of piperidine rings is 1. The van der Waals surface area contributed by atoms with Crippen molar-refractivity contribution in [1.82, 2.24) is 10.2 Å². The van der Waals surface area contributed by atoms with Crippen LogP contribution in [0, 0.1) is 5.41 Å². The maximum atomic E-state index is 12.7. The quantitative estimate of drug-likeness (QED) is 0.931. The third kappa shape index (κ3) is 3.21. The molecule has 130 valence electrons.